The van der Waals surface area contributed by atoms with E-state index in [9.17, 15) is 13.2 Å². The molecule has 1 heterocycles. The Hall–Kier alpha value is -2.38. The van der Waals surface area contributed by atoms with E-state index >= 15 is 0 Å². The average molecular weight is 388 g/mol. The summed E-state index contributed by atoms with van der Waals surface area (Å²) in [5.41, 5.74) is 2.64. The second kappa shape index (κ2) is 7.70. The molecule has 3 rings (SSSR count). The number of carbonyl (C=O) groups excluding carboxylic acids is 1. The lowest BCUT2D eigenvalue weighted by molar-refractivity contribution is 0.0697. The Balaban J connectivity index is 1.70. The van der Waals surface area contributed by atoms with Gasteiger partial charge in [0.25, 0.3) is 5.91 Å². The SMILES string of the molecule is COc1ccc(S(=O)(=O)N2CCN(C(=O)c3cc(C)ccc3C)CC2)cc1. The van der Waals surface area contributed by atoms with Gasteiger partial charge in [0.05, 0.1) is 12.0 Å². The summed E-state index contributed by atoms with van der Waals surface area (Å²) < 4.78 is 32.1. The van der Waals surface area contributed by atoms with Gasteiger partial charge < -0.3 is 9.64 Å². The van der Waals surface area contributed by atoms with Crippen LogP contribution in [0.2, 0.25) is 0 Å². The number of hydrogen-bond acceptors (Lipinski definition) is 4. The molecular formula is C20H24N2O4S. The van der Waals surface area contributed by atoms with Crippen LogP contribution in [0, 0.1) is 13.8 Å². The fourth-order valence-electron chi connectivity index (χ4n) is 3.16. The summed E-state index contributed by atoms with van der Waals surface area (Å²) in [6, 6.07) is 12.2. The largest absolute Gasteiger partial charge is 0.497 e. The van der Waals surface area contributed by atoms with Crippen LogP contribution in [0.1, 0.15) is 21.5 Å². The minimum Gasteiger partial charge on any atom is -0.497 e. The molecule has 144 valence electrons. The van der Waals surface area contributed by atoms with E-state index in [2.05, 4.69) is 0 Å². The van der Waals surface area contributed by atoms with Gasteiger partial charge in [0, 0.05) is 31.7 Å². The van der Waals surface area contributed by atoms with Crippen molar-refractivity contribution in [3.63, 3.8) is 0 Å². The van der Waals surface area contributed by atoms with Crippen LogP contribution in [0.15, 0.2) is 47.4 Å². The second-order valence-corrected chi connectivity index (χ2v) is 8.63. The number of aryl methyl sites for hydroxylation is 2. The maximum absolute atomic E-state index is 12.8. The zero-order chi connectivity index (χ0) is 19.6. The number of methoxy groups -OCH3 is 1. The molecule has 0 unspecified atom stereocenters. The molecule has 1 fully saturated rings. The summed E-state index contributed by atoms with van der Waals surface area (Å²) >= 11 is 0. The lowest BCUT2D eigenvalue weighted by Gasteiger charge is -2.34. The minimum atomic E-state index is -3.58. The first-order valence-corrected chi connectivity index (χ1v) is 10.3. The number of benzene rings is 2. The van der Waals surface area contributed by atoms with Crippen LogP contribution in [0.5, 0.6) is 5.75 Å². The van der Waals surface area contributed by atoms with E-state index in [1.165, 1.54) is 11.4 Å². The monoisotopic (exact) mass is 388 g/mol. The molecule has 0 radical (unpaired) electrons. The van der Waals surface area contributed by atoms with Crippen LogP contribution < -0.4 is 4.74 Å². The highest BCUT2D eigenvalue weighted by atomic mass is 32.2. The van der Waals surface area contributed by atoms with Crippen molar-refractivity contribution in [1.82, 2.24) is 9.21 Å². The molecule has 0 saturated carbocycles. The minimum absolute atomic E-state index is 0.0438. The standard InChI is InChI=1S/C20H24N2O4S/c1-15-4-5-16(2)19(14-15)20(23)21-10-12-22(13-11-21)27(24,25)18-8-6-17(26-3)7-9-18/h4-9,14H,10-13H2,1-3H3. The van der Waals surface area contributed by atoms with E-state index in [1.807, 2.05) is 32.0 Å². The van der Waals surface area contributed by atoms with Crippen molar-refractivity contribution >= 4 is 15.9 Å². The molecule has 1 amide bonds. The predicted molar refractivity (Wildman–Crippen MR) is 104 cm³/mol. The lowest BCUT2D eigenvalue weighted by Crippen LogP contribution is -2.50. The summed E-state index contributed by atoms with van der Waals surface area (Å²) in [4.78, 5) is 14.8. The van der Waals surface area contributed by atoms with Gasteiger partial charge in [-0.1, -0.05) is 17.7 Å². The van der Waals surface area contributed by atoms with Gasteiger partial charge in [-0.2, -0.15) is 4.31 Å². The molecule has 7 heteroatoms. The first-order chi connectivity index (χ1) is 12.8. The molecule has 27 heavy (non-hydrogen) atoms. The predicted octanol–water partition coefficient (Wildman–Crippen LogP) is 2.46. The first kappa shape index (κ1) is 19.4. The van der Waals surface area contributed by atoms with Gasteiger partial charge in [-0.25, -0.2) is 8.42 Å². The number of nitrogens with zero attached hydrogens (tertiary/aromatic N) is 2. The number of ether oxygens (including phenoxy) is 1. The Labute approximate surface area is 160 Å². The van der Waals surface area contributed by atoms with Crippen LogP contribution in [0.3, 0.4) is 0 Å². The molecule has 0 aliphatic carbocycles. The Bertz CT molecular complexity index is 931. The summed E-state index contributed by atoms with van der Waals surface area (Å²) in [6.07, 6.45) is 0. The number of rotatable bonds is 4. The zero-order valence-electron chi connectivity index (χ0n) is 15.8. The molecule has 2 aromatic carbocycles. The summed E-state index contributed by atoms with van der Waals surface area (Å²) in [7, 11) is -2.04. The van der Waals surface area contributed by atoms with Crippen molar-refractivity contribution in [1.29, 1.82) is 0 Å². The van der Waals surface area contributed by atoms with E-state index in [0.717, 1.165) is 11.1 Å². The molecule has 1 saturated heterocycles. The lowest BCUT2D eigenvalue weighted by atomic mass is 10.0. The highest BCUT2D eigenvalue weighted by Crippen LogP contribution is 2.22. The third kappa shape index (κ3) is 3.99. The van der Waals surface area contributed by atoms with E-state index in [4.69, 9.17) is 4.74 Å². The van der Waals surface area contributed by atoms with Crippen molar-refractivity contribution in [2.45, 2.75) is 18.7 Å². The number of carbonyl (C=O) groups is 1. The van der Waals surface area contributed by atoms with Gasteiger partial charge >= 0.3 is 0 Å². The molecule has 2 aromatic rings. The number of hydrogen-bond donors (Lipinski definition) is 0. The molecule has 0 spiro atoms. The highest BCUT2D eigenvalue weighted by molar-refractivity contribution is 7.89. The van der Waals surface area contributed by atoms with Crippen molar-refractivity contribution in [3.8, 4) is 5.75 Å². The Morgan fingerprint density at radius 2 is 1.59 bits per heavy atom. The van der Waals surface area contributed by atoms with Crippen LogP contribution in [0.4, 0.5) is 0 Å². The summed E-state index contributed by atoms with van der Waals surface area (Å²) in [6.45, 7) is 5.19. The number of sulfonamides is 1. The average Bonchev–Trinajstić information content (AvgIpc) is 2.69. The maximum atomic E-state index is 12.8. The van der Waals surface area contributed by atoms with E-state index in [0.29, 0.717) is 24.4 Å². The van der Waals surface area contributed by atoms with Crippen LogP contribution in [-0.2, 0) is 10.0 Å². The van der Waals surface area contributed by atoms with E-state index in [1.54, 1.807) is 29.2 Å². The molecule has 1 aliphatic heterocycles. The van der Waals surface area contributed by atoms with Gasteiger partial charge in [0.2, 0.25) is 10.0 Å². The molecule has 0 atom stereocenters. The number of amides is 1. The molecule has 0 bridgehead atoms. The zero-order valence-corrected chi connectivity index (χ0v) is 16.6. The fourth-order valence-corrected chi connectivity index (χ4v) is 4.59. The van der Waals surface area contributed by atoms with Gasteiger partial charge in [0.1, 0.15) is 5.75 Å². The molecule has 0 N–H and O–H groups in total. The quantitative estimate of drug-likeness (QED) is 0.807. The van der Waals surface area contributed by atoms with Gasteiger partial charge in [-0.05, 0) is 49.7 Å². The van der Waals surface area contributed by atoms with Gasteiger partial charge in [-0.15, -0.1) is 0 Å². The topological polar surface area (TPSA) is 66.9 Å². The Kier molecular flexibility index (Phi) is 5.53. The first-order valence-electron chi connectivity index (χ1n) is 8.83. The van der Waals surface area contributed by atoms with Crippen LogP contribution >= 0.6 is 0 Å². The molecule has 1 aliphatic rings. The van der Waals surface area contributed by atoms with Crippen LogP contribution in [-0.4, -0.2) is 56.8 Å². The molecular weight excluding hydrogens is 364 g/mol. The maximum Gasteiger partial charge on any atom is 0.254 e. The van der Waals surface area contributed by atoms with Gasteiger partial charge in [0.15, 0.2) is 0 Å². The molecule has 0 aromatic heterocycles. The highest BCUT2D eigenvalue weighted by Gasteiger charge is 2.30. The Morgan fingerprint density at radius 3 is 2.19 bits per heavy atom. The summed E-state index contributed by atoms with van der Waals surface area (Å²) in [5.74, 6) is 0.565. The smallest absolute Gasteiger partial charge is 0.254 e. The fraction of sp³-hybridized carbons (Fsp3) is 0.350. The normalized spacial score (nSPS) is 15.6. The van der Waals surface area contributed by atoms with Crippen molar-refractivity contribution < 1.29 is 17.9 Å². The van der Waals surface area contributed by atoms with Gasteiger partial charge in [-0.3, -0.25) is 4.79 Å². The third-order valence-corrected chi connectivity index (χ3v) is 6.76. The summed E-state index contributed by atoms with van der Waals surface area (Å²) in [5, 5.41) is 0. The second-order valence-electron chi connectivity index (χ2n) is 6.69. The van der Waals surface area contributed by atoms with Crippen LogP contribution in [0.25, 0.3) is 0 Å². The third-order valence-electron chi connectivity index (χ3n) is 4.85. The van der Waals surface area contributed by atoms with E-state index < -0.39 is 10.0 Å². The van der Waals surface area contributed by atoms with Crippen molar-refractivity contribution in [2.24, 2.45) is 0 Å². The van der Waals surface area contributed by atoms with Crippen molar-refractivity contribution in [3.05, 3.63) is 59.2 Å². The van der Waals surface area contributed by atoms with Crippen molar-refractivity contribution in [2.75, 3.05) is 33.3 Å². The Morgan fingerprint density at radius 1 is 0.963 bits per heavy atom. The molecule has 6 nitrogen and oxygen atoms in total. The number of piperazine rings is 1. The van der Waals surface area contributed by atoms with E-state index in [-0.39, 0.29) is 23.9 Å².